The molecule has 0 aliphatic carbocycles. The molecular formula is C20H29NO2S. The molecule has 3 nitrogen and oxygen atoms in total. The molecule has 4 heteroatoms. The molecule has 24 heavy (non-hydrogen) atoms. The van der Waals surface area contributed by atoms with Crippen molar-refractivity contribution < 1.29 is 8.42 Å². The van der Waals surface area contributed by atoms with Gasteiger partial charge in [0, 0.05) is 11.6 Å². The largest absolute Gasteiger partial charge is 0.256 e. The molecule has 0 aliphatic heterocycles. The highest BCUT2D eigenvalue weighted by molar-refractivity contribution is 7.92. The van der Waals surface area contributed by atoms with Crippen molar-refractivity contribution in [3.8, 4) is 0 Å². The molecule has 0 saturated heterocycles. The van der Waals surface area contributed by atoms with E-state index in [0.29, 0.717) is 5.75 Å². The normalized spacial score (nSPS) is 12.6. The van der Waals surface area contributed by atoms with E-state index in [4.69, 9.17) is 0 Å². The maximum Gasteiger partial charge on any atom is 0.155 e. The summed E-state index contributed by atoms with van der Waals surface area (Å²) in [6.07, 6.45) is 8.15. The van der Waals surface area contributed by atoms with Crippen LogP contribution in [0.5, 0.6) is 0 Å². The van der Waals surface area contributed by atoms with Gasteiger partial charge in [0.2, 0.25) is 0 Å². The molecule has 132 valence electrons. The molecule has 0 amide bonds. The molecule has 1 heterocycles. The molecule has 0 bridgehead atoms. The smallest absolute Gasteiger partial charge is 0.155 e. The summed E-state index contributed by atoms with van der Waals surface area (Å²) in [4.78, 5) is 4.49. The summed E-state index contributed by atoms with van der Waals surface area (Å²) in [5, 5.41) is 1.20. The van der Waals surface area contributed by atoms with Crippen LogP contribution in [0, 0.1) is 0 Å². The summed E-state index contributed by atoms with van der Waals surface area (Å²) in [7, 11) is -2.96. The number of fused-ring (bicyclic) bond motifs is 1. The van der Waals surface area contributed by atoms with Crippen molar-refractivity contribution in [1.82, 2.24) is 4.98 Å². The van der Waals surface area contributed by atoms with Crippen molar-refractivity contribution in [2.24, 2.45) is 0 Å². The first kappa shape index (κ1) is 18.9. The van der Waals surface area contributed by atoms with E-state index in [1.165, 1.54) is 10.9 Å². The molecule has 2 rings (SSSR count). The minimum atomic E-state index is -2.96. The number of sulfone groups is 1. The van der Waals surface area contributed by atoms with Crippen LogP contribution in [0.25, 0.3) is 10.9 Å². The first-order chi connectivity index (χ1) is 11.3. The fourth-order valence-electron chi connectivity index (χ4n) is 2.71. The lowest BCUT2D eigenvalue weighted by atomic mass is 10.1. The van der Waals surface area contributed by atoms with Crippen molar-refractivity contribution in [2.75, 3.05) is 5.75 Å². The third kappa shape index (κ3) is 5.30. The average Bonchev–Trinajstić information content (AvgIpc) is 2.52. The Bertz CT molecular complexity index is 761. The number of pyridine rings is 1. The Kier molecular flexibility index (Phi) is 6.39. The Morgan fingerprint density at radius 3 is 2.38 bits per heavy atom. The Hall–Kier alpha value is -1.42. The Balaban J connectivity index is 1.66. The van der Waals surface area contributed by atoms with Crippen LogP contribution in [0.3, 0.4) is 0 Å². The highest BCUT2D eigenvalue weighted by Gasteiger charge is 2.27. The highest BCUT2D eigenvalue weighted by atomic mass is 32.2. The monoisotopic (exact) mass is 347 g/mol. The van der Waals surface area contributed by atoms with Crippen molar-refractivity contribution in [1.29, 1.82) is 0 Å². The lowest BCUT2D eigenvalue weighted by molar-refractivity contribution is 0.552. The van der Waals surface area contributed by atoms with Crippen molar-refractivity contribution in [3.63, 3.8) is 0 Å². The molecule has 2 aromatic rings. The topological polar surface area (TPSA) is 47.0 Å². The van der Waals surface area contributed by atoms with Crippen LogP contribution in [-0.2, 0) is 16.3 Å². The van der Waals surface area contributed by atoms with Crippen LogP contribution >= 0.6 is 0 Å². The fourth-order valence-corrected chi connectivity index (χ4v) is 3.91. The number of hydrogen-bond donors (Lipinski definition) is 0. The van der Waals surface area contributed by atoms with Gasteiger partial charge in [0.25, 0.3) is 0 Å². The molecule has 1 aromatic carbocycles. The van der Waals surface area contributed by atoms with Gasteiger partial charge in [-0.05, 0) is 57.7 Å². The fraction of sp³-hybridized carbons (Fsp3) is 0.550. The van der Waals surface area contributed by atoms with Gasteiger partial charge in [0.15, 0.2) is 9.84 Å². The molecule has 0 fully saturated rings. The minimum Gasteiger partial charge on any atom is -0.256 e. The second-order valence-corrected chi connectivity index (χ2v) is 10.3. The van der Waals surface area contributed by atoms with E-state index < -0.39 is 14.6 Å². The summed E-state index contributed by atoms with van der Waals surface area (Å²) in [6, 6.07) is 10.4. The molecule has 1 aromatic heterocycles. The first-order valence-corrected chi connectivity index (χ1v) is 10.5. The van der Waals surface area contributed by atoms with Gasteiger partial charge in [-0.25, -0.2) is 8.42 Å². The van der Waals surface area contributed by atoms with Gasteiger partial charge in [0.05, 0.1) is 16.0 Å². The molecule has 0 saturated carbocycles. The zero-order valence-corrected chi connectivity index (χ0v) is 15.9. The summed E-state index contributed by atoms with van der Waals surface area (Å²) < 4.78 is 23.4. The lowest BCUT2D eigenvalue weighted by Gasteiger charge is -2.18. The Labute approximate surface area is 146 Å². The maximum absolute atomic E-state index is 12.0. The zero-order valence-electron chi connectivity index (χ0n) is 15.1. The molecular weight excluding hydrogens is 318 g/mol. The number of aromatic nitrogens is 1. The molecule has 0 radical (unpaired) electrons. The van der Waals surface area contributed by atoms with Crippen LogP contribution in [0.15, 0.2) is 36.5 Å². The van der Waals surface area contributed by atoms with E-state index in [-0.39, 0.29) is 0 Å². The third-order valence-electron chi connectivity index (χ3n) is 4.46. The van der Waals surface area contributed by atoms with E-state index in [9.17, 15) is 8.42 Å². The lowest BCUT2D eigenvalue weighted by Crippen LogP contribution is -2.30. The Morgan fingerprint density at radius 1 is 0.958 bits per heavy atom. The molecule has 0 aliphatic rings. The van der Waals surface area contributed by atoms with Gasteiger partial charge in [0.1, 0.15) is 0 Å². The highest BCUT2D eigenvalue weighted by Crippen LogP contribution is 2.19. The maximum atomic E-state index is 12.0. The van der Waals surface area contributed by atoms with Gasteiger partial charge >= 0.3 is 0 Å². The van der Waals surface area contributed by atoms with Crippen molar-refractivity contribution >= 4 is 20.7 Å². The second kappa shape index (κ2) is 8.11. The van der Waals surface area contributed by atoms with E-state index in [1.54, 1.807) is 20.8 Å². The predicted octanol–water partition coefficient (Wildman–Crippen LogP) is 4.94. The van der Waals surface area contributed by atoms with Gasteiger partial charge in [-0.3, -0.25) is 4.98 Å². The van der Waals surface area contributed by atoms with E-state index in [1.807, 2.05) is 24.4 Å². The number of unbranched alkanes of at least 4 members (excludes halogenated alkanes) is 4. The van der Waals surface area contributed by atoms with Gasteiger partial charge in [-0.15, -0.1) is 0 Å². The number of para-hydroxylation sites is 1. The Morgan fingerprint density at radius 2 is 1.62 bits per heavy atom. The van der Waals surface area contributed by atoms with Crippen molar-refractivity contribution in [2.45, 2.75) is 64.0 Å². The van der Waals surface area contributed by atoms with Crippen LogP contribution in [0.2, 0.25) is 0 Å². The summed E-state index contributed by atoms with van der Waals surface area (Å²) in [5.74, 6) is 0.311. The molecule has 0 spiro atoms. The molecule has 0 atom stereocenters. The minimum absolute atomic E-state index is 0.311. The first-order valence-electron chi connectivity index (χ1n) is 8.85. The molecule has 0 N–H and O–H groups in total. The van der Waals surface area contributed by atoms with Crippen LogP contribution in [-0.4, -0.2) is 23.9 Å². The summed E-state index contributed by atoms with van der Waals surface area (Å²) in [5.41, 5.74) is 2.32. The zero-order chi connectivity index (χ0) is 17.6. The SMILES string of the molecule is CC(C)(C)S(=O)(=O)CCCCCCCc1cnc2ccccc2c1. The van der Waals surface area contributed by atoms with Gasteiger partial charge < -0.3 is 0 Å². The number of nitrogens with zero attached hydrogens (tertiary/aromatic N) is 1. The summed E-state index contributed by atoms with van der Waals surface area (Å²) in [6.45, 7) is 5.33. The molecule has 0 unspecified atom stereocenters. The number of rotatable bonds is 8. The number of benzene rings is 1. The van der Waals surface area contributed by atoms with Gasteiger partial charge in [-0.2, -0.15) is 0 Å². The van der Waals surface area contributed by atoms with Crippen molar-refractivity contribution in [3.05, 3.63) is 42.1 Å². The quantitative estimate of drug-likeness (QED) is 0.635. The van der Waals surface area contributed by atoms with Crippen LogP contribution in [0.1, 0.15) is 58.4 Å². The van der Waals surface area contributed by atoms with Crippen LogP contribution in [0.4, 0.5) is 0 Å². The summed E-state index contributed by atoms with van der Waals surface area (Å²) >= 11 is 0. The third-order valence-corrected chi connectivity index (χ3v) is 7.15. The average molecular weight is 348 g/mol. The standard InChI is InChI=1S/C20H29NO2S/c1-20(2,3)24(22,23)14-10-6-4-5-7-11-17-15-18-12-8-9-13-19(18)21-16-17/h8-9,12-13,15-16H,4-7,10-11,14H2,1-3H3. The predicted molar refractivity (Wildman–Crippen MR) is 102 cm³/mol. The van der Waals surface area contributed by atoms with E-state index in [0.717, 1.165) is 44.0 Å². The van der Waals surface area contributed by atoms with Crippen LogP contribution < -0.4 is 0 Å². The van der Waals surface area contributed by atoms with E-state index >= 15 is 0 Å². The number of aryl methyl sites for hydroxylation is 1. The van der Waals surface area contributed by atoms with E-state index in [2.05, 4.69) is 17.1 Å². The number of hydrogen-bond acceptors (Lipinski definition) is 3. The van der Waals surface area contributed by atoms with Gasteiger partial charge in [-0.1, -0.05) is 37.5 Å². The second-order valence-electron chi connectivity index (χ2n) is 7.49.